The zero-order valence-corrected chi connectivity index (χ0v) is 23.6. The summed E-state index contributed by atoms with van der Waals surface area (Å²) in [4.78, 5) is 15.3. The van der Waals surface area contributed by atoms with E-state index < -0.39 is 0 Å². The summed E-state index contributed by atoms with van der Waals surface area (Å²) in [7, 11) is 1.53. The maximum atomic E-state index is 15.2. The molecule has 3 aromatic rings. The predicted molar refractivity (Wildman–Crippen MR) is 157 cm³/mol. The van der Waals surface area contributed by atoms with E-state index in [0.29, 0.717) is 30.0 Å². The minimum absolute atomic E-state index is 0.0248. The van der Waals surface area contributed by atoms with Gasteiger partial charge in [0.05, 0.1) is 20.3 Å². The fraction of sp³-hybridized carbons (Fsp3) is 0.406. The number of nitrogens with zero attached hydrogens (tertiary/aromatic N) is 1. The lowest BCUT2D eigenvalue weighted by molar-refractivity contribution is -0.121. The summed E-state index contributed by atoms with van der Waals surface area (Å²) in [5.74, 6) is 0.0706. The Bertz CT molecular complexity index is 1320. The predicted octanol–water partition coefficient (Wildman–Crippen LogP) is 4.51. The van der Waals surface area contributed by atoms with Gasteiger partial charge in [-0.25, -0.2) is 4.39 Å². The number of carbonyl (C=O) groups is 1. The Morgan fingerprint density at radius 1 is 1.00 bits per heavy atom. The molecule has 40 heavy (non-hydrogen) atoms. The molecule has 7 nitrogen and oxygen atoms in total. The van der Waals surface area contributed by atoms with Crippen molar-refractivity contribution in [3.05, 3.63) is 71.0 Å². The van der Waals surface area contributed by atoms with Crippen molar-refractivity contribution in [2.45, 2.75) is 33.2 Å². The highest BCUT2D eigenvalue weighted by Gasteiger charge is 2.25. The van der Waals surface area contributed by atoms with Gasteiger partial charge in [0.25, 0.3) is 0 Å². The van der Waals surface area contributed by atoms with Crippen LogP contribution in [0, 0.1) is 25.6 Å². The van der Waals surface area contributed by atoms with Crippen LogP contribution >= 0.6 is 0 Å². The molecule has 0 unspecified atom stereocenters. The lowest BCUT2D eigenvalue weighted by Gasteiger charge is -2.30. The molecule has 3 aromatic carbocycles. The topological polar surface area (TPSA) is 94.1 Å². The molecule has 0 spiro atoms. The standard InChI is InChI=1S/C32H40FN3O4/c1-21-25(24-18-29(33)28(20-34-12-16-37)31(19-24)40-3)6-4-7-26(21)27-8-5-9-30(22(27)2)35-32(39)23-10-13-36(14-11-23)15-17-38/h4-9,18-19,23,34,37-38H,10-17,20H2,1-3H3,(H,35,39). The molecule has 0 bridgehead atoms. The molecule has 0 saturated carbocycles. The Hall–Kier alpha value is -3.30. The van der Waals surface area contributed by atoms with Crippen molar-refractivity contribution in [2.24, 2.45) is 5.92 Å². The van der Waals surface area contributed by atoms with Crippen LogP contribution < -0.4 is 15.4 Å². The van der Waals surface area contributed by atoms with E-state index in [0.717, 1.165) is 59.4 Å². The normalized spacial score (nSPS) is 14.3. The number of aliphatic hydroxyl groups excluding tert-OH is 2. The lowest BCUT2D eigenvalue weighted by Crippen LogP contribution is -2.39. The van der Waals surface area contributed by atoms with Crippen LogP contribution in [0.3, 0.4) is 0 Å². The largest absolute Gasteiger partial charge is 0.496 e. The maximum Gasteiger partial charge on any atom is 0.227 e. The van der Waals surface area contributed by atoms with Gasteiger partial charge in [-0.1, -0.05) is 30.3 Å². The average Bonchev–Trinajstić information content (AvgIpc) is 2.95. The molecule has 1 saturated heterocycles. The Balaban J connectivity index is 1.59. The Labute approximate surface area is 236 Å². The third-order valence-electron chi connectivity index (χ3n) is 7.87. The second kappa shape index (κ2) is 13.9. The number of hydrogen-bond donors (Lipinski definition) is 4. The first-order valence-corrected chi connectivity index (χ1v) is 13.9. The quantitative estimate of drug-likeness (QED) is 0.263. The summed E-state index contributed by atoms with van der Waals surface area (Å²) in [6, 6.07) is 15.3. The molecule has 1 fully saturated rings. The Morgan fingerprint density at radius 3 is 2.35 bits per heavy atom. The van der Waals surface area contributed by atoms with E-state index in [9.17, 15) is 9.90 Å². The number of methoxy groups -OCH3 is 1. The highest BCUT2D eigenvalue weighted by atomic mass is 19.1. The Kier molecular flexibility index (Phi) is 10.3. The number of piperidine rings is 1. The molecule has 4 N–H and O–H groups in total. The first-order valence-electron chi connectivity index (χ1n) is 13.9. The van der Waals surface area contributed by atoms with E-state index in [4.69, 9.17) is 9.84 Å². The van der Waals surface area contributed by atoms with E-state index in [1.165, 1.54) is 13.2 Å². The van der Waals surface area contributed by atoms with Gasteiger partial charge >= 0.3 is 0 Å². The Morgan fingerprint density at radius 2 is 1.68 bits per heavy atom. The van der Waals surface area contributed by atoms with Gasteiger partial charge in [0.1, 0.15) is 11.6 Å². The SMILES string of the molecule is COc1cc(-c2cccc(-c3cccc(NC(=O)C4CCN(CCO)CC4)c3C)c2C)cc(F)c1CNCCO. The molecule has 1 aliphatic rings. The summed E-state index contributed by atoms with van der Waals surface area (Å²) >= 11 is 0. The molecule has 1 amide bonds. The van der Waals surface area contributed by atoms with Crippen molar-refractivity contribution < 1.29 is 24.1 Å². The zero-order chi connectivity index (χ0) is 28.6. The van der Waals surface area contributed by atoms with Crippen LogP contribution in [0.4, 0.5) is 10.1 Å². The van der Waals surface area contributed by atoms with Crippen LogP contribution in [0.1, 0.15) is 29.5 Å². The first-order chi connectivity index (χ1) is 19.4. The molecule has 0 radical (unpaired) electrons. The molecule has 4 rings (SSSR count). The summed E-state index contributed by atoms with van der Waals surface area (Å²) in [5, 5.41) is 24.4. The maximum absolute atomic E-state index is 15.2. The highest BCUT2D eigenvalue weighted by molar-refractivity contribution is 5.95. The number of ether oxygens (including phenoxy) is 1. The van der Waals surface area contributed by atoms with Gasteiger partial charge in [0.15, 0.2) is 0 Å². The third-order valence-corrected chi connectivity index (χ3v) is 7.87. The van der Waals surface area contributed by atoms with Crippen molar-refractivity contribution in [1.29, 1.82) is 0 Å². The van der Waals surface area contributed by atoms with Crippen LogP contribution in [0.15, 0.2) is 48.5 Å². The van der Waals surface area contributed by atoms with Crippen LogP contribution in [-0.2, 0) is 11.3 Å². The third kappa shape index (κ3) is 6.70. The van der Waals surface area contributed by atoms with Crippen molar-refractivity contribution in [3.63, 3.8) is 0 Å². The average molecular weight is 550 g/mol. The van der Waals surface area contributed by atoms with E-state index in [2.05, 4.69) is 15.5 Å². The number of likely N-dealkylation sites (tertiary alicyclic amines) is 1. The molecule has 8 heteroatoms. The lowest BCUT2D eigenvalue weighted by atomic mass is 9.89. The summed E-state index contributed by atoms with van der Waals surface area (Å²) in [6.45, 7) is 7.06. The van der Waals surface area contributed by atoms with Gasteiger partial charge in [-0.05, 0) is 91.4 Å². The first kappa shape index (κ1) is 29.7. The summed E-state index contributed by atoms with van der Waals surface area (Å²) in [6.07, 6.45) is 1.56. The van der Waals surface area contributed by atoms with Gasteiger partial charge in [0.2, 0.25) is 5.91 Å². The molecular formula is C32H40FN3O4. The minimum Gasteiger partial charge on any atom is -0.496 e. The zero-order valence-electron chi connectivity index (χ0n) is 23.6. The number of benzene rings is 3. The van der Waals surface area contributed by atoms with Crippen molar-refractivity contribution in [2.75, 3.05) is 51.8 Å². The van der Waals surface area contributed by atoms with Crippen molar-refractivity contribution in [1.82, 2.24) is 10.2 Å². The number of β-amino-alcohol motifs (C(OH)–C–C–N with tert-alkyl or cyclic N) is 1. The number of halogens is 1. The number of amides is 1. The van der Waals surface area contributed by atoms with E-state index in [1.807, 2.05) is 56.3 Å². The number of nitrogens with one attached hydrogen (secondary N) is 2. The minimum atomic E-state index is -0.368. The number of carbonyl (C=O) groups excluding carboxylic acids is 1. The molecule has 1 heterocycles. The van der Waals surface area contributed by atoms with Crippen LogP contribution in [0.5, 0.6) is 5.75 Å². The fourth-order valence-corrected chi connectivity index (χ4v) is 5.51. The number of rotatable bonds is 11. The molecule has 0 aromatic heterocycles. The van der Waals surface area contributed by atoms with E-state index >= 15 is 4.39 Å². The molecule has 214 valence electrons. The van der Waals surface area contributed by atoms with Crippen LogP contribution in [0.2, 0.25) is 0 Å². The number of anilines is 1. The van der Waals surface area contributed by atoms with Gasteiger partial charge in [-0.3, -0.25) is 4.79 Å². The van der Waals surface area contributed by atoms with Crippen LogP contribution in [-0.4, -0.2) is 67.5 Å². The van der Waals surface area contributed by atoms with Gasteiger partial charge in [0, 0.05) is 36.8 Å². The van der Waals surface area contributed by atoms with E-state index in [1.54, 1.807) is 0 Å². The number of aliphatic hydroxyl groups is 2. The second-order valence-corrected chi connectivity index (χ2v) is 10.3. The molecule has 0 aliphatic carbocycles. The van der Waals surface area contributed by atoms with Crippen molar-refractivity contribution in [3.8, 4) is 28.0 Å². The van der Waals surface area contributed by atoms with E-state index in [-0.39, 0.29) is 37.4 Å². The van der Waals surface area contributed by atoms with Gasteiger partial charge in [-0.15, -0.1) is 0 Å². The van der Waals surface area contributed by atoms with Gasteiger partial charge in [-0.2, -0.15) is 0 Å². The monoisotopic (exact) mass is 549 g/mol. The summed E-state index contributed by atoms with van der Waals surface area (Å²) < 4.78 is 20.7. The highest BCUT2D eigenvalue weighted by Crippen LogP contribution is 2.38. The number of hydrogen-bond acceptors (Lipinski definition) is 6. The summed E-state index contributed by atoms with van der Waals surface area (Å²) in [5.41, 5.74) is 6.82. The molecular weight excluding hydrogens is 509 g/mol. The second-order valence-electron chi connectivity index (χ2n) is 10.3. The smallest absolute Gasteiger partial charge is 0.227 e. The van der Waals surface area contributed by atoms with Crippen molar-refractivity contribution >= 4 is 11.6 Å². The molecule has 1 aliphatic heterocycles. The van der Waals surface area contributed by atoms with Gasteiger partial charge < -0.3 is 30.5 Å². The van der Waals surface area contributed by atoms with Crippen LogP contribution in [0.25, 0.3) is 22.3 Å². The molecule has 0 atom stereocenters. The fourth-order valence-electron chi connectivity index (χ4n) is 5.51.